The van der Waals surface area contributed by atoms with E-state index >= 15 is 0 Å². The highest BCUT2D eigenvalue weighted by atomic mass is 16.2. The molecule has 3 nitrogen and oxygen atoms in total. The van der Waals surface area contributed by atoms with Gasteiger partial charge in [0.15, 0.2) is 0 Å². The van der Waals surface area contributed by atoms with Crippen LogP contribution >= 0.6 is 0 Å². The predicted molar refractivity (Wildman–Crippen MR) is 80.5 cm³/mol. The summed E-state index contributed by atoms with van der Waals surface area (Å²) in [6.45, 7) is 0.817. The first-order valence-electron chi connectivity index (χ1n) is 8.42. The number of carbonyl (C=O) groups excluding carboxylic acids is 1. The van der Waals surface area contributed by atoms with Crippen molar-refractivity contribution in [3.05, 3.63) is 35.4 Å². The molecular formula is C18H22N2O. The third-order valence-corrected chi connectivity index (χ3v) is 6.44. The van der Waals surface area contributed by atoms with Crippen LogP contribution in [0.5, 0.6) is 0 Å². The van der Waals surface area contributed by atoms with E-state index in [1.807, 2.05) is 0 Å². The molecule has 1 aromatic carbocycles. The summed E-state index contributed by atoms with van der Waals surface area (Å²) in [5.74, 6) is 3.71. The molecule has 0 radical (unpaired) electrons. The fourth-order valence-corrected chi connectivity index (χ4v) is 5.42. The van der Waals surface area contributed by atoms with Crippen molar-refractivity contribution < 1.29 is 4.79 Å². The van der Waals surface area contributed by atoms with E-state index < -0.39 is 0 Å². The zero-order valence-corrected chi connectivity index (χ0v) is 12.2. The summed E-state index contributed by atoms with van der Waals surface area (Å²) in [7, 11) is 0. The highest BCUT2D eigenvalue weighted by Gasteiger charge is 2.65. The van der Waals surface area contributed by atoms with E-state index in [0.29, 0.717) is 6.04 Å². The van der Waals surface area contributed by atoms with E-state index in [4.69, 9.17) is 0 Å². The number of amides is 1. The SMILES string of the molecule is O=C(NC1C2C3CCC(C3)C12)[C@@H]1Cc2ccccc2CN1. The molecule has 3 fully saturated rings. The lowest BCUT2D eigenvalue weighted by atomic mass is 9.95. The van der Waals surface area contributed by atoms with Crippen LogP contribution in [0, 0.1) is 23.7 Å². The topological polar surface area (TPSA) is 41.1 Å². The number of hydrogen-bond donors (Lipinski definition) is 2. The summed E-state index contributed by atoms with van der Waals surface area (Å²) in [5, 5.41) is 6.76. The minimum atomic E-state index is -0.0427. The van der Waals surface area contributed by atoms with Crippen LogP contribution in [0.2, 0.25) is 0 Å². The van der Waals surface area contributed by atoms with Gasteiger partial charge in [0.1, 0.15) is 0 Å². The van der Waals surface area contributed by atoms with Gasteiger partial charge >= 0.3 is 0 Å². The predicted octanol–water partition coefficient (Wildman–Crippen LogP) is 1.86. The molecule has 21 heavy (non-hydrogen) atoms. The molecule has 1 aromatic rings. The minimum Gasteiger partial charge on any atom is -0.351 e. The fourth-order valence-electron chi connectivity index (χ4n) is 5.42. The second kappa shape index (κ2) is 4.33. The molecule has 2 bridgehead atoms. The lowest BCUT2D eigenvalue weighted by Crippen LogP contribution is -2.49. The monoisotopic (exact) mass is 282 g/mol. The number of rotatable bonds is 2. The van der Waals surface area contributed by atoms with Crippen molar-refractivity contribution >= 4 is 5.91 Å². The van der Waals surface area contributed by atoms with E-state index in [1.54, 1.807) is 0 Å². The van der Waals surface area contributed by atoms with Crippen LogP contribution in [0.3, 0.4) is 0 Å². The van der Waals surface area contributed by atoms with Crippen LogP contribution in [0.4, 0.5) is 0 Å². The maximum atomic E-state index is 12.5. The molecule has 5 rings (SSSR count). The van der Waals surface area contributed by atoms with Gasteiger partial charge in [0.25, 0.3) is 0 Å². The van der Waals surface area contributed by atoms with Gasteiger partial charge in [-0.25, -0.2) is 0 Å². The Kier molecular flexibility index (Phi) is 2.52. The molecule has 0 aromatic heterocycles. The maximum Gasteiger partial charge on any atom is 0.237 e. The largest absolute Gasteiger partial charge is 0.351 e. The van der Waals surface area contributed by atoms with Gasteiger partial charge in [-0.15, -0.1) is 0 Å². The van der Waals surface area contributed by atoms with E-state index in [1.165, 1.54) is 30.4 Å². The highest BCUT2D eigenvalue weighted by molar-refractivity contribution is 5.83. The fraction of sp³-hybridized carbons (Fsp3) is 0.611. The molecule has 4 unspecified atom stereocenters. The van der Waals surface area contributed by atoms with Crippen molar-refractivity contribution in [3.63, 3.8) is 0 Å². The summed E-state index contributed by atoms with van der Waals surface area (Å²) < 4.78 is 0. The number of benzene rings is 1. The number of carbonyl (C=O) groups is 1. The van der Waals surface area contributed by atoms with E-state index in [9.17, 15) is 4.79 Å². The van der Waals surface area contributed by atoms with Crippen LogP contribution in [-0.2, 0) is 17.8 Å². The molecule has 110 valence electrons. The summed E-state index contributed by atoms with van der Waals surface area (Å²) in [6.07, 6.45) is 5.09. The zero-order chi connectivity index (χ0) is 14.0. The van der Waals surface area contributed by atoms with Crippen molar-refractivity contribution in [2.75, 3.05) is 0 Å². The van der Waals surface area contributed by atoms with Gasteiger partial charge < -0.3 is 10.6 Å². The Hall–Kier alpha value is -1.35. The average molecular weight is 282 g/mol. The van der Waals surface area contributed by atoms with Crippen molar-refractivity contribution in [2.45, 2.75) is 44.3 Å². The second-order valence-corrected chi connectivity index (χ2v) is 7.43. The Labute approximate surface area is 125 Å². The molecular weight excluding hydrogens is 260 g/mol. The van der Waals surface area contributed by atoms with Gasteiger partial charge in [-0.2, -0.15) is 0 Å². The average Bonchev–Trinajstić information content (AvgIpc) is 2.91. The highest BCUT2D eigenvalue weighted by Crippen LogP contribution is 2.65. The van der Waals surface area contributed by atoms with Crippen LogP contribution in [0.1, 0.15) is 30.4 Å². The van der Waals surface area contributed by atoms with Crippen LogP contribution < -0.4 is 10.6 Å². The van der Waals surface area contributed by atoms with Crippen LogP contribution in [0.15, 0.2) is 24.3 Å². The third-order valence-electron chi connectivity index (χ3n) is 6.44. The Morgan fingerprint density at radius 1 is 1.10 bits per heavy atom. The van der Waals surface area contributed by atoms with Gasteiger partial charge in [-0.1, -0.05) is 24.3 Å². The summed E-state index contributed by atoms with van der Waals surface area (Å²) >= 11 is 0. The van der Waals surface area contributed by atoms with E-state index in [2.05, 4.69) is 34.9 Å². The lowest BCUT2D eigenvalue weighted by molar-refractivity contribution is -0.123. The van der Waals surface area contributed by atoms with Gasteiger partial charge in [0.2, 0.25) is 5.91 Å². The minimum absolute atomic E-state index is 0.0427. The Morgan fingerprint density at radius 2 is 1.81 bits per heavy atom. The third kappa shape index (κ3) is 1.80. The standard InChI is InChI=1S/C18H22N2O/c21-18(14-8-10-3-1-2-4-13(10)9-19-14)20-17-15-11-5-6-12(7-11)16(15)17/h1-4,11-12,14-17,19H,5-9H2,(H,20,21)/t11?,12?,14-,15?,16?,17?/m0/s1. The van der Waals surface area contributed by atoms with Gasteiger partial charge in [-0.3, -0.25) is 4.79 Å². The number of fused-ring (bicyclic) bond motifs is 6. The Morgan fingerprint density at radius 3 is 2.57 bits per heavy atom. The number of hydrogen-bond acceptors (Lipinski definition) is 2. The molecule has 5 atom stereocenters. The molecule has 3 heteroatoms. The molecule has 1 amide bonds. The van der Waals surface area contributed by atoms with E-state index in [0.717, 1.165) is 36.6 Å². The molecule has 1 heterocycles. The number of nitrogens with one attached hydrogen (secondary N) is 2. The molecule has 3 aliphatic carbocycles. The quantitative estimate of drug-likeness (QED) is 0.869. The van der Waals surface area contributed by atoms with Crippen molar-refractivity contribution in [1.82, 2.24) is 10.6 Å². The molecule has 1 aliphatic heterocycles. The smallest absolute Gasteiger partial charge is 0.237 e. The second-order valence-electron chi connectivity index (χ2n) is 7.43. The van der Waals surface area contributed by atoms with Gasteiger partial charge in [0.05, 0.1) is 6.04 Å². The van der Waals surface area contributed by atoms with Crippen LogP contribution in [0.25, 0.3) is 0 Å². The van der Waals surface area contributed by atoms with Crippen molar-refractivity contribution in [1.29, 1.82) is 0 Å². The Bertz CT molecular complexity index is 583. The molecule has 0 saturated heterocycles. The lowest BCUT2D eigenvalue weighted by Gasteiger charge is -2.25. The van der Waals surface area contributed by atoms with Crippen molar-refractivity contribution in [3.8, 4) is 0 Å². The van der Waals surface area contributed by atoms with Crippen LogP contribution in [-0.4, -0.2) is 18.0 Å². The molecule has 4 aliphatic rings. The maximum absolute atomic E-state index is 12.5. The first kappa shape index (κ1) is 12.2. The summed E-state index contributed by atoms with van der Waals surface area (Å²) in [6, 6.07) is 8.91. The van der Waals surface area contributed by atoms with Crippen molar-refractivity contribution in [2.24, 2.45) is 23.7 Å². The first-order valence-corrected chi connectivity index (χ1v) is 8.42. The van der Waals surface area contributed by atoms with E-state index in [-0.39, 0.29) is 11.9 Å². The zero-order valence-electron chi connectivity index (χ0n) is 12.2. The summed E-state index contributed by atoms with van der Waals surface area (Å²) in [4.78, 5) is 12.5. The first-order chi connectivity index (χ1) is 10.3. The molecule has 2 N–H and O–H groups in total. The normalized spacial score (nSPS) is 42.3. The van der Waals surface area contributed by atoms with Gasteiger partial charge in [-0.05, 0) is 60.5 Å². The summed E-state index contributed by atoms with van der Waals surface area (Å²) in [5.41, 5.74) is 2.66. The molecule has 3 saturated carbocycles. The van der Waals surface area contributed by atoms with Gasteiger partial charge in [0, 0.05) is 12.6 Å². The Balaban J connectivity index is 1.25. The molecule has 0 spiro atoms.